The maximum absolute atomic E-state index is 12.7. The normalized spacial score (nSPS) is 25.7. The molecule has 9 heteroatoms. The van der Waals surface area contributed by atoms with Crippen molar-refractivity contribution in [3.8, 4) is 11.5 Å². The summed E-state index contributed by atoms with van der Waals surface area (Å²) in [5.74, 6) is -1.66. The summed E-state index contributed by atoms with van der Waals surface area (Å²) < 4.78 is 23.3. The third-order valence-electron chi connectivity index (χ3n) is 4.43. The van der Waals surface area contributed by atoms with Gasteiger partial charge in [0.2, 0.25) is 0 Å². The number of alkyl halides is 1. The van der Waals surface area contributed by atoms with Crippen LogP contribution in [-0.2, 0) is 20.7 Å². The fourth-order valence-corrected chi connectivity index (χ4v) is 3.23. The molecule has 0 bridgehead atoms. The molecule has 29 heavy (non-hydrogen) atoms. The van der Waals surface area contributed by atoms with Crippen molar-refractivity contribution in [2.45, 2.75) is 38.1 Å². The van der Waals surface area contributed by atoms with E-state index in [1.807, 2.05) is 6.08 Å². The molecule has 2 aliphatic rings. The molecule has 2 aliphatic heterocycles. The van der Waals surface area contributed by atoms with Gasteiger partial charge in [0.25, 0.3) is 0 Å². The first kappa shape index (κ1) is 21.1. The first-order chi connectivity index (χ1) is 13.9. The maximum atomic E-state index is 12.7. The van der Waals surface area contributed by atoms with Crippen molar-refractivity contribution in [1.29, 1.82) is 0 Å². The summed E-state index contributed by atoms with van der Waals surface area (Å²) in [4.78, 5) is 17.7. The summed E-state index contributed by atoms with van der Waals surface area (Å²) in [6.07, 6.45) is 6.75. The molecule has 2 N–H and O–H groups in total. The molecular weight excluding hydrogens is 404 g/mol. The zero-order valence-corrected chi connectivity index (χ0v) is 16.4. The molecule has 1 aromatic carbocycles. The average Bonchev–Trinajstić information content (AvgIpc) is 3.39. The summed E-state index contributed by atoms with van der Waals surface area (Å²) >= 11 is 6.21. The highest BCUT2D eigenvalue weighted by atomic mass is 35.5. The predicted octanol–water partition coefficient (Wildman–Crippen LogP) is 3.46. The van der Waals surface area contributed by atoms with Crippen molar-refractivity contribution in [3.63, 3.8) is 0 Å². The number of fused-ring (bicyclic) bond motifs is 2. The van der Waals surface area contributed by atoms with Crippen molar-refractivity contribution >= 4 is 23.3 Å². The van der Waals surface area contributed by atoms with E-state index in [2.05, 4.69) is 5.16 Å². The van der Waals surface area contributed by atoms with Gasteiger partial charge in [0.15, 0.2) is 0 Å². The number of aromatic hydroxyl groups is 2. The number of esters is 1. The summed E-state index contributed by atoms with van der Waals surface area (Å²) in [6, 6.07) is 0.977. The third kappa shape index (κ3) is 5.27. The minimum Gasteiger partial charge on any atom is -0.507 e. The number of allylic oxidation sites excluding steroid dienone is 3. The quantitative estimate of drug-likeness (QED) is 0.333. The number of ether oxygens (including phenoxy) is 2. The molecule has 0 aromatic heterocycles. The molecule has 3 rings (SSSR count). The number of hydrogen-bond donors (Lipinski definition) is 2. The molecule has 156 valence electrons. The number of epoxide rings is 1. The first-order valence-electron chi connectivity index (χ1n) is 9.10. The largest absolute Gasteiger partial charge is 0.507 e. The molecule has 3 atom stereocenters. The summed E-state index contributed by atoms with van der Waals surface area (Å²) in [7, 11) is 0. The average molecular weight is 425 g/mol. The number of oxime groups is 1. The minimum absolute atomic E-state index is 0.0668. The molecule has 0 saturated carbocycles. The first-order valence-corrected chi connectivity index (χ1v) is 9.48. The van der Waals surface area contributed by atoms with Gasteiger partial charge < -0.3 is 24.5 Å². The monoisotopic (exact) mass is 424 g/mol. The van der Waals surface area contributed by atoms with Crippen LogP contribution in [0.4, 0.5) is 4.39 Å². The second-order valence-electron chi connectivity index (χ2n) is 6.70. The molecule has 0 unspecified atom stereocenters. The number of nitrogens with zero attached hydrogens (tertiary/aromatic N) is 1. The van der Waals surface area contributed by atoms with Crippen LogP contribution in [0.2, 0.25) is 5.02 Å². The number of cyclic esters (lactones) is 1. The van der Waals surface area contributed by atoms with Crippen molar-refractivity contribution < 1.29 is 33.7 Å². The lowest BCUT2D eigenvalue weighted by Crippen LogP contribution is -2.20. The van der Waals surface area contributed by atoms with Gasteiger partial charge in [0, 0.05) is 18.9 Å². The van der Waals surface area contributed by atoms with E-state index in [0.717, 1.165) is 6.07 Å². The van der Waals surface area contributed by atoms with E-state index < -0.39 is 30.2 Å². The zero-order valence-electron chi connectivity index (χ0n) is 15.7. The Bertz CT molecular complexity index is 869. The Kier molecular flexibility index (Phi) is 6.76. The lowest BCUT2D eigenvalue weighted by Gasteiger charge is -2.17. The van der Waals surface area contributed by atoms with Crippen LogP contribution in [0.1, 0.15) is 29.3 Å². The molecule has 0 aliphatic carbocycles. The van der Waals surface area contributed by atoms with Crippen molar-refractivity contribution in [3.05, 3.63) is 46.5 Å². The molecule has 0 spiro atoms. The van der Waals surface area contributed by atoms with Crippen LogP contribution >= 0.6 is 11.6 Å². The van der Waals surface area contributed by atoms with Crippen LogP contribution in [-0.4, -0.2) is 53.5 Å². The number of carbonyl (C=O) groups is 1. The Hall–Kier alpha value is -2.58. The smallest absolute Gasteiger partial charge is 0.342 e. The highest BCUT2D eigenvalue weighted by Gasteiger charge is 2.38. The summed E-state index contributed by atoms with van der Waals surface area (Å²) in [6.45, 7) is 0.767. The minimum atomic E-state index is -0.787. The van der Waals surface area contributed by atoms with Gasteiger partial charge in [0.1, 0.15) is 42.6 Å². The Morgan fingerprint density at radius 1 is 1.34 bits per heavy atom. The number of halogens is 2. The van der Waals surface area contributed by atoms with E-state index in [1.54, 1.807) is 25.2 Å². The highest BCUT2D eigenvalue weighted by Crippen LogP contribution is 2.38. The fourth-order valence-electron chi connectivity index (χ4n) is 3.02. The number of hydrogen-bond acceptors (Lipinski definition) is 7. The van der Waals surface area contributed by atoms with E-state index in [9.17, 15) is 19.4 Å². The zero-order chi connectivity index (χ0) is 21.0. The standard InChI is InChI=1S/C20H21ClFNO6/c1-11-8-17-16(29-17)5-3-2-4-12(23-27-7-6-22)9-13-18(20(26)28-11)14(24)10-15(25)19(13)21/h2-5,10-11,16-17,24-25H,6-9H2,1H3/t11-,16-,17-/m1/s1/i22-1. The van der Waals surface area contributed by atoms with E-state index in [0.29, 0.717) is 12.1 Å². The van der Waals surface area contributed by atoms with Gasteiger partial charge in [-0.25, -0.2) is 9.18 Å². The second-order valence-corrected chi connectivity index (χ2v) is 7.08. The van der Waals surface area contributed by atoms with Crippen molar-refractivity contribution in [2.75, 3.05) is 13.3 Å². The lowest BCUT2D eigenvalue weighted by molar-refractivity contribution is 0.0306. The summed E-state index contributed by atoms with van der Waals surface area (Å²) in [5, 5.41) is 24.0. The molecule has 1 aromatic rings. The van der Waals surface area contributed by atoms with E-state index >= 15 is 0 Å². The number of carbonyl (C=O) groups excluding carboxylic acids is 1. The number of benzene rings is 1. The van der Waals surface area contributed by atoms with Crippen LogP contribution in [0.3, 0.4) is 0 Å². The highest BCUT2D eigenvalue weighted by molar-refractivity contribution is 6.33. The van der Waals surface area contributed by atoms with Gasteiger partial charge in [-0.1, -0.05) is 35.0 Å². The SMILES string of the molecule is C[C@@H]1C[C@H]2O[C@@H]2C=CC=CC(=NOCC[18F])Cc2c(Cl)c(O)cc(O)c2C(=O)O1. The Labute approximate surface area is 172 Å². The molecular formula is C20H21ClFNO6. The molecule has 1 fully saturated rings. The van der Waals surface area contributed by atoms with Gasteiger partial charge in [-0.2, -0.15) is 0 Å². The number of phenolic OH excluding ortho intramolecular Hbond substituents is 2. The molecule has 0 amide bonds. The van der Waals surface area contributed by atoms with Gasteiger partial charge in [-0.3, -0.25) is 0 Å². The number of phenols is 2. The van der Waals surface area contributed by atoms with Crippen molar-refractivity contribution in [1.82, 2.24) is 0 Å². The molecule has 0 radical (unpaired) electrons. The molecule has 7 nitrogen and oxygen atoms in total. The Morgan fingerprint density at radius 2 is 2.14 bits per heavy atom. The van der Waals surface area contributed by atoms with E-state index in [-0.39, 0.29) is 41.4 Å². The van der Waals surface area contributed by atoms with Crippen LogP contribution in [0.15, 0.2) is 35.5 Å². The van der Waals surface area contributed by atoms with Gasteiger partial charge >= 0.3 is 5.97 Å². The van der Waals surface area contributed by atoms with Gasteiger partial charge in [-0.05, 0) is 18.6 Å². The predicted molar refractivity (Wildman–Crippen MR) is 104 cm³/mol. The molecule has 1 saturated heterocycles. The topological polar surface area (TPSA) is 101 Å². The van der Waals surface area contributed by atoms with Crippen LogP contribution in [0.25, 0.3) is 0 Å². The Balaban J connectivity index is 2.03. The van der Waals surface area contributed by atoms with Gasteiger partial charge in [-0.15, -0.1) is 0 Å². The fraction of sp³-hybridized carbons (Fsp3) is 0.400. The maximum Gasteiger partial charge on any atom is 0.342 e. The van der Waals surface area contributed by atoms with Gasteiger partial charge in [0.05, 0.1) is 16.8 Å². The second kappa shape index (κ2) is 9.28. The molecule has 2 heterocycles. The summed E-state index contributed by atoms with van der Waals surface area (Å²) in [5.41, 5.74) is 0.240. The number of rotatable bonds is 3. The van der Waals surface area contributed by atoms with E-state index in [1.165, 1.54) is 0 Å². The third-order valence-corrected chi connectivity index (χ3v) is 4.85. The lowest BCUT2D eigenvalue weighted by atomic mass is 9.99. The van der Waals surface area contributed by atoms with Crippen LogP contribution in [0, 0.1) is 0 Å². The van der Waals surface area contributed by atoms with Crippen LogP contribution in [0.5, 0.6) is 11.5 Å². The Morgan fingerprint density at radius 3 is 2.90 bits per heavy atom. The van der Waals surface area contributed by atoms with Crippen LogP contribution < -0.4 is 0 Å². The van der Waals surface area contributed by atoms with Crippen molar-refractivity contribution in [2.24, 2.45) is 5.16 Å². The van der Waals surface area contributed by atoms with E-state index in [4.69, 9.17) is 25.9 Å².